The highest BCUT2D eigenvalue weighted by Crippen LogP contribution is 2.65. The molecule has 1 spiro atoms. The van der Waals surface area contributed by atoms with E-state index in [4.69, 9.17) is 23.7 Å². The van der Waals surface area contributed by atoms with E-state index >= 15 is 14.4 Å². The minimum Gasteiger partial charge on any atom is -0.491 e. The molecule has 3 fully saturated rings. The monoisotopic (exact) mass is 918 g/mol. The third kappa shape index (κ3) is 8.42. The number of rotatable bonds is 12. The second kappa shape index (κ2) is 19.8. The minimum absolute atomic E-state index is 0.00578. The van der Waals surface area contributed by atoms with E-state index in [1.807, 2.05) is 83.8 Å². The number of methoxy groups -OCH3 is 2. The summed E-state index contributed by atoms with van der Waals surface area (Å²) in [6.45, 7) is 2.38. The lowest BCUT2D eigenvalue weighted by Crippen LogP contribution is -2.53. The molecule has 4 heterocycles. The molecule has 5 aromatic carbocycles. The molecular weight excluding hydrogens is 869 g/mol. The third-order valence-electron chi connectivity index (χ3n) is 13.1. The number of amides is 2. The van der Waals surface area contributed by atoms with Gasteiger partial charge in [0.25, 0.3) is 0 Å². The maximum atomic E-state index is 15.7. The Morgan fingerprint density at radius 1 is 0.824 bits per heavy atom. The van der Waals surface area contributed by atoms with E-state index < -0.39 is 71.2 Å². The molecule has 4 aliphatic heterocycles. The average molecular weight is 919 g/mol. The van der Waals surface area contributed by atoms with E-state index in [0.29, 0.717) is 65.7 Å². The van der Waals surface area contributed by atoms with Gasteiger partial charge in [0.1, 0.15) is 29.9 Å². The molecule has 0 radical (unpaired) electrons. The molecule has 15 heteroatoms. The SMILES string of the molecule is COC(=O)C(CC#Cc1ccc2c(c1)[C@]1(C(=O)N2)[C@H](c2cccc(OCCO)c2)N2[C@H](c3ccccc3)[C@H](c3ccccc3)OC(=O)[C@H]2[C@@H]1C(=O)Nc1ccc(N2CCOCC2)cc1)C(=O)OC. The number of carbonyl (C=O) groups excluding carboxylic acids is 5. The van der Waals surface area contributed by atoms with E-state index in [1.165, 1.54) is 14.2 Å². The van der Waals surface area contributed by atoms with Gasteiger partial charge < -0.3 is 44.3 Å². The van der Waals surface area contributed by atoms with E-state index in [1.54, 1.807) is 48.5 Å². The van der Waals surface area contributed by atoms with Crippen LogP contribution in [0, 0.1) is 23.7 Å². The standard InChI is InChI=1S/C53H50N4O11/c1-64-49(60)40(50(61)65-2)18-9-11-33-19-24-42-41(31-33)53(52(63)55-42)43(48(59)54-37-20-22-38(23-21-37)56-25-28-66-29-26-56)45-51(62)68-46(35-14-7-4-8-15-35)44(34-12-5-3-6-13-34)57(45)47(53)36-16-10-17-39(32-36)67-30-27-58/h3-8,10,12-17,19-24,31-32,40,43-47,58H,18,25-30H2,1-2H3,(H,54,59)(H,55,63)/t43-,44-,45-,46+,47+,53-/m1/s1. The summed E-state index contributed by atoms with van der Waals surface area (Å²) in [5.74, 6) is 0.203. The lowest BCUT2D eigenvalue weighted by molar-refractivity contribution is -0.178. The predicted octanol–water partition coefficient (Wildman–Crippen LogP) is 5.51. The first-order valence-electron chi connectivity index (χ1n) is 22.4. The van der Waals surface area contributed by atoms with Crippen molar-refractivity contribution in [2.24, 2.45) is 11.8 Å². The first-order chi connectivity index (χ1) is 33.2. The van der Waals surface area contributed by atoms with Gasteiger partial charge in [0.15, 0.2) is 5.92 Å². The van der Waals surface area contributed by atoms with Crippen LogP contribution in [0.1, 0.15) is 52.4 Å². The normalized spacial score (nSPS) is 22.8. The van der Waals surface area contributed by atoms with Gasteiger partial charge >= 0.3 is 17.9 Å². The van der Waals surface area contributed by atoms with Crippen molar-refractivity contribution in [1.29, 1.82) is 0 Å². The maximum Gasteiger partial charge on any atom is 0.324 e. The number of nitrogens with one attached hydrogen (secondary N) is 2. The van der Waals surface area contributed by atoms with E-state index in [0.717, 1.165) is 11.3 Å². The Morgan fingerprint density at radius 3 is 2.18 bits per heavy atom. The Labute approximate surface area is 393 Å². The summed E-state index contributed by atoms with van der Waals surface area (Å²) < 4.78 is 27.7. The van der Waals surface area contributed by atoms with Crippen LogP contribution in [0.15, 0.2) is 127 Å². The molecule has 15 nitrogen and oxygen atoms in total. The number of hydrogen-bond donors (Lipinski definition) is 3. The van der Waals surface area contributed by atoms with Gasteiger partial charge in [-0.05, 0) is 76.9 Å². The zero-order valence-electron chi connectivity index (χ0n) is 37.5. The van der Waals surface area contributed by atoms with Gasteiger partial charge in [0, 0.05) is 42.1 Å². The molecule has 68 heavy (non-hydrogen) atoms. The third-order valence-corrected chi connectivity index (χ3v) is 13.1. The predicted molar refractivity (Wildman–Crippen MR) is 249 cm³/mol. The highest BCUT2D eigenvalue weighted by Gasteiger charge is 2.74. The lowest BCUT2D eigenvalue weighted by atomic mass is 9.65. The Hall–Kier alpha value is -7.51. The van der Waals surface area contributed by atoms with E-state index in [-0.39, 0.29) is 19.6 Å². The topological polar surface area (TPSA) is 182 Å². The number of carbonyl (C=O) groups is 5. The fraction of sp³-hybridized carbons (Fsp3) is 0.302. The molecule has 9 rings (SSSR count). The number of hydrogen-bond acceptors (Lipinski definition) is 13. The van der Waals surface area contributed by atoms with Crippen LogP contribution in [-0.4, -0.2) is 99.5 Å². The first-order valence-corrected chi connectivity index (χ1v) is 22.4. The number of aliphatic hydroxyl groups is 1. The van der Waals surface area contributed by atoms with Crippen molar-refractivity contribution < 1.29 is 52.8 Å². The second-order valence-corrected chi connectivity index (χ2v) is 16.9. The first kappa shape index (κ1) is 45.6. The van der Waals surface area contributed by atoms with Crippen LogP contribution < -0.4 is 20.3 Å². The zero-order chi connectivity index (χ0) is 47.4. The number of fused-ring (bicyclic) bond motifs is 3. The molecular formula is C53H50N4O11. The number of aliphatic hydroxyl groups excluding tert-OH is 1. The van der Waals surface area contributed by atoms with Gasteiger partial charge in [0.2, 0.25) is 11.8 Å². The summed E-state index contributed by atoms with van der Waals surface area (Å²) in [6.07, 6.45) is -1.11. The number of anilines is 3. The van der Waals surface area contributed by atoms with Crippen LogP contribution in [-0.2, 0) is 48.3 Å². The molecule has 0 saturated carbocycles. The van der Waals surface area contributed by atoms with Crippen LogP contribution in [0.4, 0.5) is 17.1 Å². The Morgan fingerprint density at radius 2 is 1.50 bits per heavy atom. The number of benzene rings is 5. The van der Waals surface area contributed by atoms with Crippen molar-refractivity contribution >= 4 is 46.8 Å². The summed E-state index contributed by atoms with van der Waals surface area (Å²) in [7, 11) is 2.34. The van der Waals surface area contributed by atoms with Crippen molar-refractivity contribution in [2.75, 3.05) is 69.3 Å². The van der Waals surface area contributed by atoms with Gasteiger partial charge in [-0.15, -0.1) is 0 Å². The van der Waals surface area contributed by atoms with Crippen LogP contribution >= 0.6 is 0 Å². The Bertz CT molecular complexity index is 2740. The van der Waals surface area contributed by atoms with Gasteiger partial charge in [-0.25, -0.2) is 0 Å². The Balaban J connectivity index is 1.26. The van der Waals surface area contributed by atoms with Crippen LogP contribution in [0.2, 0.25) is 0 Å². The number of esters is 3. The lowest BCUT2D eigenvalue weighted by Gasteiger charge is -2.46. The molecule has 5 aromatic rings. The smallest absolute Gasteiger partial charge is 0.324 e. The molecule has 0 aliphatic carbocycles. The van der Waals surface area contributed by atoms with Gasteiger partial charge in [-0.1, -0.05) is 84.6 Å². The molecule has 6 atom stereocenters. The van der Waals surface area contributed by atoms with Crippen molar-refractivity contribution in [3.63, 3.8) is 0 Å². The number of nitrogens with zero attached hydrogens (tertiary/aromatic N) is 2. The molecule has 3 saturated heterocycles. The van der Waals surface area contributed by atoms with Crippen molar-refractivity contribution in [1.82, 2.24) is 4.90 Å². The molecule has 0 bridgehead atoms. The number of ether oxygens (including phenoxy) is 5. The minimum atomic E-state index is -1.86. The fourth-order valence-electron chi connectivity index (χ4n) is 10.2. The van der Waals surface area contributed by atoms with Crippen LogP contribution in [0.25, 0.3) is 0 Å². The van der Waals surface area contributed by atoms with Crippen molar-refractivity contribution in [3.8, 4) is 17.6 Å². The van der Waals surface area contributed by atoms with Gasteiger partial charge in [0.05, 0.1) is 52.0 Å². The number of morpholine rings is 2. The van der Waals surface area contributed by atoms with Crippen molar-refractivity contribution in [2.45, 2.75) is 36.1 Å². The Kier molecular flexibility index (Phi) is 13.3. The average Bonchev–Trinajstić information content (AvgIpc) is 3.86. The molecule has 348 valence electrons. The van der Waals surface area contributed by atoms with Crippen molar-refractivity contribution in [3.05, 3.63) is 155 Å². The second-order valence-electron chi connectivity index (χ2n) is 16.9. The molecule has 4 aliphatic rings. The van der Waals surface area contributed by atoms with Crippen LogP contribution in [0.3, 0.4) is 0 Å². The molecule has 3 N–H and O–H groups in total. The van der Waals surface area contributed by atoms with Gasteiger partial charge in [-0.3, -0.25) is 28.9 Å². The molecule has 0 unspecified atom stereocenters. The summed E-state index contributed by atoms with van der Waals surface area (Å²) in [6, 6.07) is 35.4. The van der Waals surface area contributed by atoms with E-state index in [9.17, 15) is 14.7 Å². The molecule has 2 amide bonds. The summed E-state index contributed by atoms with van der Waals surface area (Å²) >= 11 is 0. The van der Waals surface area contributed by atoms with Gasteiger partial charge in [-0.2, -0.15) is 0 Å². The summed E-state index contributed by atoms with van der Waals surface area (Å²) in [5.41, 5.74) is 2.78. The number of cyclic esters (lactones) is 1. The largest absolute Gasteiger partial charge is 0.491 e. The fourth-order valence-corrected chi connectivity index (χ4v) is 10.2. The highest BCUT2D eigenvalue weighted by molar-refractivity contribution is 6.13. The molecule has 0 aromatic heterocycles. The van der Waals surface area contributed by atoms with E-state index in [2.05, 4.69) is 27.4 Å². The summed E-state index contributed by atoms with van der Waals surface area (Å²) in [4.78, 5) is 75.9. The highest BCUT2D eigenvalue weighted by atomic mass is 16.6. The zero-order valence-corrected chi connectivity index (χ0v) is 37.5. The quantitative estimate of drug-likeness (QED) is 0.0618. The van der Waals surface area contributed by atoms with Crippen LogP contribution in [0.5, 0.6) is 5.75 Å². The summed E-state index contributed by atoms with van der Waals surface area (Å²) in [5, 5.41) is 16.0. The maximum absolute atomic E-state index is 15.7.